The second-order valence-corrected chi connectivity index (χ2v) is 4.81. The van der Waals surface area contributed by atoms with Crippen LogP contribution in [0.1, 0.15) is 40.0 Å². The van der Waals surface area contributed by atoms with Gasteiger partial charge in [-0.25, -0.2) is 4.79 Å². The normalized spacial score (nSPS) is 21.9. The van der Waals surface area contributed by atoms with E-state index in [0.717, 1.165) is 12.8 Å². The Bertz CT molecular complexity index is 299. The number of cyclic esters (lactones) is 1. The number of ether oxygens (including phenoxy) is 2. The molecule has 0 aliphatic carbocycles. The summed E-state index contributed by atoms with van der Waals surface area (Å²) < 4.78 is 10.1. The van der Waals surface area contributed by atoms with Gasteiger partial charge < -0.3 is 9.47 Å². The Hall–Kier alpha value is -1.32. The van der Waals surface area contributed by atoms with Crippen LogP contribution in [0.5, 0.6) is 0 Å². The Morgan fingerprint density at radius 1 is 1.50 bits per heavy atom. The highest BCUT2D eigenvalue weighted by molar-refractivity contribution is 5.82. The lowest BCUT2D eigenvalue weighted by molar-refractivity contribution is -0.152. The van der Waals surface area contributed by atoms with Crippen molar-refractivity contribution in [1.29, 1.82) is 0 Å². The standard InChI is InChI=1S/C12H18O4/c1-12(2,3)16-11(14)8-7-9-5-4-6-10(13)15-9/h7-9H,4-6H2,1-3H3/b8-7+. The van der Waals surface area contributed by atoms with Gasteiger partial charge in [0.15, 0.2) is 0 Å². The minimum Gasteiger partial charge on any atom is -0.458 e. The lowest BCUT2D eigenvalue weighted by Gasteiger charge is -2.20. The van der Waals surface area contributed by atoms with Gasteiger partial charge in [-0.1, -0.05) is 0 Å². The van der Waals surface area contributed by atoms with Crippen molar-refractivity contribution in [1.82, 2.24) is 0 Å². The molecular weight excluding hydrogens is 208 g/mol. The SMILES string of the molecule is CC(C)(C)OC(=O)/C=C/C1CCCC(=O)O1. The average Bonchev–Trinajstić information content (AvgIpc) is 2.12. The summed E-state index contributed by atoms with van der Waals surface area (Å²) in [6, 6.07) is 0. The zero-order chi connectivity index (χ0) is 12.2. The summed E-state index contributed by atoms with van der Waals surface area (Å²) in [7, 11) is 0. The molecule has 0 saturated carbocycles. The van der Waals surface area contributed by atoms with Crippen LogP contribution in [-0.2, 0) is 19.1 Å². The van der Waals surface area contributed by atoms with E-state index in [0.29, 0.717) is 6.42 Å². The third kappa shape index (κ3) is 4.96. The second-order valence-electron chi connectivity index (χ2n) is 4.81. The molecule has 0 N–H and O–H groups in total. The first kappa shape index (κ1) is 12.7. The van der Waals surface area contributed by atoms with E-state index in [1.807, 2.05) is 0 Å². The monoisotopic (exact) mass is 226 g/mol. The number of carbonyl (C=O) groups excluding carboxylic acids is 2. The molecule has 1 aliphatic rings. The van der Waals surface area contributed by atoms with Gasteiger partial charge in [0.1, 0.15) is 11.7 Å². The van der Waals surface area contributed by atoms with Crippen molar-refractivity contribution < 1.29 is 19.1 Å². The zero-order valence-electron chi connectivity index (χ0n) is 9.99. The summed E-state index contributed by atoms with van der Waals surface area (Å²) in [5.74, 6) is -0.612. The Morgan fingerprint density at radius 2 is 2.19 bits per heavy atom. The van der Waals surface area contributed by atoms with Crippen molar-refractivity contribution in [2.24, 2.45) is 0 Å². The van der Waals surface area contributed by atoms with E-state index in [1.165, 1.54) is 6.08 Å². The molecule has 0 spiro atoms. The van der Waals surface area contributed by atoms with Crippen LogP contribution in [0.3, 0.4) is 0 Å². The minimum atomic E-state index is -0.495. The summed E-state index contributed by atoms with van der Waals surface area (Å²) >= 11 is 0. The van der Waals surface area contributed by atoms with E-state index in [-0.39, 0.29) is 12.1 Å². The van der Waals surface area contributed by atoms with Crippen LogP contribution in [0.25, 0.3) is 0 Å². The molecule has 1 rings (SSSR count). The summed E-state index contributed by atoms with van der Waals surface area (Å²) in [4.78, 5) is 22.3. The highest BCUT2D eigenvalue weighted by Crippen LogP contribution is 2.15. The molecule has 90 valence electrons. The first-order valence-electron chi connectivity index (χ1n) is 5.47. The maximum Gasteiger partial charge on any atom is 0.331 e. The van der Waals surface area contributed by atoms with Crippen LogP contribution in [0.2, 0.25) is 0 Å². The number of carbonyl (C=O) groups is 2. The van der Waals surface area contributed by atoms with Crippen molar-refractivity contribution in [2.45, 2.75) is 51.7 Å². The molecule has 1 unspecified atom stereocenters. The molecule has 1 fully saturated rings. The van der Waals surface area contributed by atoms with Gasteiger partial charge in [0.2, 0.25) is 0 Å². The minimum absolute atomic E-state index is 0.204. The lowest BCUT2D eigenvalue weighted by atomic mass is 10.1. The fraction of sp³-hybridized carbons (Fsp3) is 0.667. The third-order valence-corrected chi connectivity index (χ3v) is 2.01. The van der Waals surface area contributed by atoms with E-state index >= 15 is 0 Å². The number of rotatable bonds is 2. The van der Waals surface area contributed by atoms with Gasteiger partial charge in [-0.3, -0.25) is 4.79 Å². The molecule has 0 amide bonds. The Balaban J connectivity index is 2.41. The highest BCUT2D eigenvalue weighted by atomic mass is 16.6. The van der Waals surface area contributed by atoms with Crippen LogP contribution in [0, 0.1) is 0 Å². The molecule has 4 heteroatoms. The van der Waals surface area contributed by atoms with Crippen LogP contribution in [0.15, 0.2) is 12.2 Å². The summed E-state index contributed by atoms with van der Waals surface area (Å²) in [6.07, 6.45) is 4.68. The first-order chi connectivity index (χ1) is 7.37. The fourth-order valence-corrected chi connectivity index (χ4v) is 1.39. The van der Waals surface area contributed by atoms with Crippen molar-refractivity contribution in [3.05, 3.63) is 12.2 Å². The lowest BCUT2D eigenvalue weighted by Crippen LogP contribution is -2.24. The highest BCUT2D eigenvalue weighted by Gasteiger charge is 2.19. The van der Waals surface area contributed by atoms with Crippen molar-refractivity contribution in [3.63, 3.8) is 0 Å². The summed E-state index contributed by atoms with van der Waals surface area (Å²) in [5.41, 5.74) is -0.495. The number of hydrogen-bond donors (Lipinski definition) is 0. The quantitative estimate of drug-likeness (QED) is 0.533. The van der Waals surface area contributed by atoms with Gasteiger partial charge in [-0.15, -0.1) is 0 Å². The van der Waals surface area contributed by atoms with Gasteiger partial charge in [0, 0.05) is 12.5 Å². The van der Waals surface area contributed by atoms with Crippen LogP contribution in [0.4, 0.5) is 0 Å². The Morgan fingerprint density at radius 3 is 2.75 bits per heavy atom. The average molecular weight is 226 g/mol. The van der Waals surface area contributed by atoms with Crippen LogP contribution in [-0.4, -0.2) is 23.6 Å². The van der Waals surface area contributed by atoms with Gasteiger partial charge in [0.25, 0.3) is 0 Å². The van der Waals surface area contributed by atoms with Crippen molar-refractivity contribution >= 4 is 11.9 Å². The topological polar surface area (TPSA) is 52.6 Å². The zero-order valence-corrected chi connectivity index (χ0v) is 9.99. The van der Waals surface area contributed by atoms with Gasteiger partial charge in [0.05, 0.1) is 0 Å². The fourth-order valence-electron chi connectivity index (χ4n) is 1.39. The van der Waals surface area contributed by atoms with Crippen molar-refractivity contribution in [3.8, 4) is 0 Å². The molecule has 1 atom stereocenters. The predicted molar refractivity (Wildman–Crippen MR) is 58.7 cm³/mol. The summed E-state index contributed by atoms with van der Waals surface area (Å²) in [6.45, 7) is 5.41. The second kappa shape index (κ2) is 5.14. The maximum absolute atomic E-state index is 11.3. The molecule has 0 aromatic carbocycles. The van der Waals surface area contributed by atoms with Crippen LogP contribution >= 0.6 is 0 Å². The molecule has 1 aliphatic heterocycles. The molecule has 4 nitrogen and oxygen atoms in total. The smallest absolute Gasteiger partial charge is 0.331 e. The third-order valence-electron chi connectivity index (χ3n) is 2.01. The molecule has 16 heavy (non-hydrogen) atoms. The summed E-state index contributed by atoms with van der Waals surface area (Å²) in [5, 5.41) is 0. The molecule has 1 saturated heterocycles. The van der Waals surface area contributed by atoms with Gasteiger partial charge in [-0.2, -0.15) is 0 Å². The Kier molecular flexibility index (Phi) is 4.10. The molecule has 1 heterocycles. The molecule has 0 aromatic rings. The van der Waals surface area contributed by atoms with Gasteiger partial charge in [-0.05, 0) is 39.7 Å². The largest absolute Gasteiger partial charge is 0.458 e. The van der Waals surface area contributed by atoms with E-state index in [2.05, 4.69) is 0 Å². The van der Waals surface area contributed by atoms with Crippen LogP contribution < -0.4 is 0 Å². The van der Waals surface area contributed by atoms with Gasteiger partial charge >= 0.3 is 11.9 Å². The number of esters is 2. The molecular formula is C12H18O4. The molecule has 0 aromatic heterocycles. The molecule has 0 bridgehead atoms. The van der Waals surface area contributed by atoms with Crippen molar-refractivity contribution in [2.75, 3.05) is 0 Å². The predicted octanol–water partition coefficient (Wildman–Crippen LogP) is 1.98. The maximum atomic E-state index is 11.3. The Labute approximate surface area is 95.6 Å². The van der Waals surface area contributed by atoms with E-state index in [9.17, 15) is 9.59 Å². The van der Waals surface area contributed by atoms with E-state index < -0.39 is 11.6 Å². The van der Waals surface area contributed by atoms with E-state index in [4.69, 9.17) is 9.47 Å². The number of hydrogen-bond acceptors (Lipinski definition) is 4. The molecule has 0 radical (unpaired) electrons. The first-order valence-corrected chi connectivity index (χ1v) is 5.47. The van der Waals surface area contributed by atoms with E-state index in [1.54, 1.807) is 26.8 Å².